The van der Waals surface area contributed by atoms with Crippen molar-refractivity contribution in [3.05, 3.63) is 0 Å². The van der Waals surface area contributed by atoms with E-state index in [2.05, 4.69) is 20.8 Å². The normalized spacial score (nSPS) is 22.2. The second-order valence-corrected chi connectivity index (χ2v) is 5.83. The van der Waals surface area contributed by atoms with E-state index in [-0.39, 0.29) is 11.5 Å². The third-order valence-electron chi connectivity index (χ3n) is 3.95. The van der Waals surface area contributed by atoms with Crippen LogP contribution >= 0.6 is 0 Å². The zero-order valence-corrected chi connectivity index (χ0v) is 10.8. The van der Waals surface area contributed by atoms with E-state index in [9.17, 15) is 5.11 Å². The molecule has 1 N–H and O–H groups in total. The number of hydrogen-bond acceptors (Lipinski definition) is 1. The maximum atomic E-state index is 10.4. The minimum absolute atomic E-state index is 0.0395. The van der Waals surface area contributed by atoms with Crippen LogP contribution in [-0.4, -0.2) is 11.2 Å². The SMILES string of the molecule is CCCCC(O)C1(CC(C)C)CCCC1. The van der Waals surface area contributed by atoms with Crippen LogP contribution in [0.5, 0.6) is 0 Å². The first-order valence-corrected chi connectivity index (χ1v) is 6.79. The largest absolute Gasteiger partial charge is 0.393 e. The highest BCUT2D eigenvalue weighted by atomic mass is 16.3. The van der Waals surface area contributed by atoms with Gasteiger partial charge in [0.15, 0.2) is 0 Å². The lowest BCUT2D eigenvalue weighted by atomic mass is 9.72. The fraction of sp³-hybridized carbons (Fsp3) is 1.00. The van der Waals surface area contributed by atoms with Gasteiger partial charge in [-0.05, 0) is 37.0 Å². The van der Waals surface area contributed by atoms with Crippen LogP contribution in [0.25, 0.3) is 0 Å². The number of aliphatic hydroxyl groups is 1. The summed E-state index contributed by atoms with van der Waals surface area (Å²) in [4.78, 5) is 0. The lowest BCUT2D eigenvalue weighted by Crippen LogP contribution is -2.34. The molecule has 1 aliphatic rings. The summed E-state index contributed by atoms with van der Waals surface area (Å²) < 4.78 is 0. The maximum Gasteiger partial charge on any atom is 0.0596 e. The van der Waals surface area contributed by atoms with Gasteiger partial charge in [-0.3, -0.25) is 0 Å². The molecule has 1 atom stereocenters. The first-order valence-electron chi connectivity index (χ1n) is 6.79. The van der Waals surface area contributed by atoms with E-state index in [1.54, 1.807) is 0 Å². The molecule has 0 spiro atoms. The summed E-state index contributed by atoms with van der Waals surface area (Å²) in [6.45, 7) is 6.77. The van der Waals surface area contributed by atoms with Gasteiger partial charge in [0, 0.05) is 0 Å². The molecular weight excluding hydrogens is 184 g/mol. The smallest absolute Gasteiger partial charge is 0.0596 e. The van der Waals surface area contributed by atoms with Crippen LogP contribution < -0.4 is 0 Å². The van der Waals surface area contributed by atoms with Crippen LogP contribution in [0.2, 0.25) is 0 Å². The van der Waals surface area contributed by atoms with E-state index in [1.165, 1.54) is 44.9 Å². The molecule has 0 aromatic heterocycles. The Morgan fingerprint density at radius 3 is 2.27 bits per heavy atom. The molecule has 1 aliphatic carbocycles. The van der Waals surface area contributed by atoms with Gasteiger partial charge in [-0.15, -0.1) is 0 Å². The zero-order valence-electron chi connectivity index (χ0n) is 10.8. The Hall–Kier alpha value is -0.0400. The molecule has 0 radical (unpaired) electrons. The quantitative estimate of drug-likeness (QED) is 0.701. The van der Waals surface area contributed by atoms with Gasteiger partial charge >= 0.3 is 0 Å². The highest BCUT2D eigenvalue weighted by Crippen LogP contribution is 2.47. The van der Waals surface area contributed by atoms with Gasteiger partial charge in [0.1, 0.15) is 0 Å². The molecule has 0 aromatic carbocycles. The van der Waals surface area contributed by atoms with Crippen LogP contribution in [0.4, 0.5) is 0 Å². The van der Waals surface area contributed by atoms with Gasteiger partial charge in [-0.1, -0.05) is 46.5 Å². The van der Waals surface area contributed by atoms with E-state index >= 15 is 0 Å². The monoisotopic (exact) mass is 212 g/mol. The highest BCUT2D eigenvalue weighted by molar-refractivity contribution is 4.91. The predicted octanol–water partition coefficient (Wildman–Crippen LogP) is 4.14. The molecule has 0 saturated heterocycles. The van der Waals surface area contributed by atoms with E-state index in [0.717, 1.165) is 12.3 Å². The summed E-state index contributed by atoms with van der Waals surface area (Å²) in [6.07, 6.45) is 9.76. The van der Waals surface area contributed by atoms with Gasteiger partial charge in [-0.25, -0.2) is 0 Å². The number of aliphatic hydroxyl groups excluding tert-OH is 1. The van der Waals surface area contributed by atoms with Crippen LogP contribution in [-0.2, 0) is 0 Å². The van der Waals surface area contributed by atoms with Crippen molar-refractivity contribution in [2.45, 2.75) is 78.2 Å². The van der Waals surface area contributed by atoms with Crippen LogP contribution in [0.3, 0.4) is 0 Å². The third-order valence-corrected chi connectivity index (χ3v) is 3.95. The van der Waals surface area contributed by atoms with E-state index in [4.69, 9.17) is 0 Å². The summed E-state index contributed by atoms with van der Waals surface area (Å²) in [5, 5.41) is 10.4. The van der Waals surface area contributed by atoms with Crippen LogP contribution in [0, 0.1) is 11.3 Å². The van der Waals surface area contributed by atoms with Crippen molar-refractivity contribution >= 4 is 0 Å². The van der Waals surface area contributed by atoms with Crippen molar-refractivity contribution in [1.82, 2.24) is 0 Å². The minimum atomic E-state index is -0.0395. The fourth-order valence-corrected chi connectivity index (χ4v) is 3.27. The lowest BCUT2D eigenvalue weighted by Gasteiger charge is -2.36. The summed E-state index contributed by atoms with van der Waals surface area (Å²) in [6, 6.07) is 0. The fourth-order valence-electron chi connectivity index (χ4n) is 3.27. The molecule has 90 valence electrons. The van der Waals surface area contributed by atoms with E-state index in [1.807, 2.05) is 0 Å². The van der Waals surface area contributed by atoms with Crippen LogP contribution in [0.1, 0.15) is 72.1 Å². The second kappa shape index (κ2) is 5.89. The molecule has 1 fully saturated rings. The molecule has 0 aliphatic heterocycles. The Balaban J connectivity index is 2.55. The number of unbranched alkanes of at least 4 members (excludes halogenated alkanes) is 1. The summed E-state index contributed by atoms with van der Waals surface area (Å²) in [5.41, 5.74) is 0.281. The minimum Gasteiger partial charge on any atom is -0.393 e. The van der Waals surface area contributed by atoms with Gasteiger partial charge in [-0.2, -0.15) is 0 Å². The predicted molar refractivity (Wildman–Crippen MR) is 65.9 cm³/mol. The molecule has 0 amide bonds. The number of rotatable bonds is 6. The molecule has 0 aromatic rings. The summed E-state index contributed by atoms with van der Waals surface area (Å²) >= 11 is 0. The Bertz CT molecular complexity index is 168. The molecule has 1 saturated carbocycles. The molecular formula is C14H28O. The van der Waals surface area contributed by atoms with Gasteiger partial charge in [0.05, 0.1) is 6.10 Å². The van der Waals surface area contributed by atoms with Crippen molar-refractivity contribution in [2.75, 3.05) is 0 Å². The summed E-state index contributed by atoms with van der Waals surface area (Å²) in [7, 11) is 0. The molecule has 15 heavy (non-hydrogen) atoms. The molecule has 1 rings (SSSR count). The Morgan fingerprint density at radius 2 is 1.80 bits per heavy atom. The maximum absolute atomic E-state index is 10.4. The average Bonchev–Trinajstić information content (AvgIpc) is 2.62. The third kappa shape index (κ3) is 3.48. The van der Waals surface area contributed by atoms with Gasteiger partial charge in [0.2, 0.25) is 0 Å². The van der Waals surface area contributed by atoms with Crippen molar-refractivity contribution < 1.29 is 5.11 Å². The van der Waals surface area contributed by atoms with Crippen molar-refractivity contribution in [2.24, 2.45) is 11.3 Å². The molecule has 1 nitrogen and oxygen atoms in total. The van der Waals surface area contributed by atoms with E-state index in [0.29, 0.717) is 0 Å². The molecule has 1 unspecified atom stereocenters. The standard InChI is InChI=1S/C14H28O/c1-4-5-8-13(15)14(11-12(2)3)9-6-7-10-14/h12-13,15H,4-11H2,1-3H3. The lowest BCUT2D eigenvalue weighted by molar-refractivity contribution is 0.00570. The van der Waals surface area contributed by atoms with Crippen LogP contribution in [0.15, 0.2) is 0 Å². The second-order valence-electron chi connectivity index (χ2n) is 5.83. The van der Waals surface area contributed by atoms with Crippen molar-refractivity contribution in [3.63, 3.8) is 0 Å². The molecule has 0 heterocycles. The Kier molecular flexibility index (Phi) is 5.11. The topological polar surface area (TPSA) is 20.2 Å². The van der Waals surface area contributed by atoms with Gasteiger partial charge < -0.3 is 5.11 Å². The highest BCUT2D eigenvalue weighted by Gasteiger charge is 2.40. The van der Waals surface area contributed by atoms with Crippen molar-refractivity contribution in [1.29, 1.82) is 0 Å². The average molecular weight is 212 g/mol. The first kappa shape index (κ1) is 13.0. The van der Waals surface area contributed by atoms with Crippen molar-refractivity contribution in [3.8, 4) is 0 Å². The Morgan fingerprint density at radius 1 is 1.20 bits per heavy atom. The summed E-state index contributed by atoms with van der Waals surface area (Å²) in [5.74, 6) is 0.722. The molecule has 1 heteroatoms. The molecule has 0 bridgehead atoms. The van der Waals surface area contributed by atoms with Gasteiger partial charge in [0.25, 0.3) is 0 Å². The zero-order chi connectivity index (χ0) is 11.3. The Labute approximate surface area is 95.3 Å². The first-order chi connectivity index (χ1) is 7.10. The van der Waals surface area contributed by atoms with E-state index < -0.39 is 0 Å². The number of hydrogen-bond donors (Lipinski definition) is 1.